The third kappa shape index (κ3) is 5.22. The molecule has 2 atom stereocenters. The monoisotopic (exact) mass is 414 g/mol. The summed E-state index contributed by atoms with van der Waals surface area (Å²) in [6.07, 6.45) is 0.223. The molecule has 3 rings (SSSR count). The van der Waals surface area contributed by atoms with E-state index in [0.29, 0.717) is 5.02 Å². The lowest BCUT2D eigenvalue weighted by Gasteiger charge is -2.19. The first-order chi connectivity index (χ1) is 13.8. The molecule has 3 aromatic rings. The van der Waals surface area contributed by atoms with Gasteiger partial charge in [-0.3, -0.25) is 19.7 Å². The second kappa shape index (κ2) is 8.89. The molecule has 0 aliphatic carbocycles. The Morgan fingerprint density at radius 2 is 1.86 bits per heavy atom. The van der Waals surface area contributed by atoms with Gasteiger partial charge >= 0.3 is 5.97 Å². The fraction of sp³-hybridized carbons (Fsp3) is 0.190. The molecule has 0 radical (unpaired) electrons. The summed E-state index contributed by atoms with van der Waals surface area (Å²) >= 11 is 6.04. The van der Waals surface area contributed by atoms with E-state index in [0.717, 1.165) is 22.8 Å². The van der Waals surface area contributed by atoms with Crippen LogP contribution in [0.15, 0.2) is 63.9 Å². The topological polar surface area (TPSA) is 112 Å². The fourth-order valence-electron chi connectivity index (χ4n) is 2.91. The smallest absolute Gasteiger partial charge is 0.320 e. The van der Waals surface area contributed by atoms with E-state index in [1.165, 1.54) is 6.92 Å². The van der Waals surface area contributed by atoms with Crippen molar-refractivity contribution in [2.45, 2.75) is 25.4 Å². The predicted molar refractivity (Wildman–Crippen MR) is 108 cm³/mol. The van der Waals surface area contributed by atoms with E-state index in [1.807, 2.05) is 42.5 Å². The number of hydrogen-bond acceptors (Lipinski definition) is 5. The van der Waals surface area contributed by atoms with E-state index >= 15 is 0 Å². The number of carbonyl (C=O) groups excluding carboxylic acids is 1. The Labute approximate surface area is 171 Å². The average Bonchev–Trinajstić information content (AvgIpc) is 3.13. The highest BCUT2D eigenvalue weighted by Crippen LogP contribution is 2.23. The fourth-order valence-corrected chi connectivity index (χ4v) is 3.10. The summed E-state index contributed by atoms with van der Waals surface area (Å²) in [6, 6.07) is 14.2. The second-order valence-electron chi connectivity index (χ2n) is 6.63. The van der Waals surface area contributed by atoms with Crippen molar-refractivity contribution < 1.29 is 19.2 Å². The minimum atomic E-state index is -1.09. The zero-order chi connectivity index (χ0) is 21.0. The Balaban J connectivity index is 1.82. The van der Waals surface area contributed by atoms with Crippen LogP contribution in [0.5, 0.6) is 0 Å². The number of hydrogen-bond donors (Lipinski definition) is 3. The quantitative estimate of drug-likeness (QED) is 0.488. The van der Waals surface area contributed by atoms with Crippen molar-refractivity contribution >= 4 is 23.4 Å². The number of H-pyrrole nitrogens is 1. The van der Waals surface area contributed by atoms with Crippen LogP contribution >= 0.6 is 11.6 Å². The van der Waals surface area contributed by atoms with Crippen LogP contribution in [0.4, 0.5) is 0 Å². The lowest BCUT2D eigenvalue weighted by molar-refractivity contribution is -0.139. The molecule has 0 unspecified atom stereocenters. The summed E-state index contributed by atoms with van der Waals surface area (Å²) in [7, 11) is 0. The zero-order valence-corrected chi connectivity index (χ0v) is 16.3. The van der Waals surface area contributed by atoms with Crippen molar-refractivity contribution in [3.8, 4) is 11.1 Å². The van der Waals surface area contributed by atoms with E-state index in [-0.39, 0.29) is 12.2 Å². The van der Waals surface area contributed by atoms with Crippen molar-refractivity contribution in [3.63, 3.8) is 0 Å². The van der Waals surface area contributed by atoms with Gasteiger partial charge in [-0.05, 0) is 42.2 Å². The number of Topliss-reactive ketones (excluding diaryl/α,β-unsaturated/α-hetero) is 1. The minimum Gasteiger partial charge on any atom is -0.480 e. The van der Waals surface area contributed by atoms with Crippen LogP contribution in [0.2, 0.25) is 5.02 Å². The number of rotatable bonds is 8. The van der Waals surface area contributed by atoms with Crippen molar-refractivity contribution in [1.82, 2.24) is 10.5 Å². The van der Waals surface area contributed by atoms with E-state index < -0.39 is 29.4 Å². The highest BCUT2D eigenvalue weighted by Gasteiger charge is 2.27. The third-order valence-corrected chi connectivity index (χ3v) is 4.69. The maximum absolute atomic E-state index is 12.7. The molecule has 0 amide bonds. The van der Waals surface area contributed by atoms with Gasteiger partial charge in [0.25, 0.3) is 5.56 Å². The normalized spacial score (nSPS) is 13.0. The maximum Gasteiger partial charge on any atom is 0.320 e. The van der Waals surface area contributed by atoms with Crippen LogP contribution in [-0.4, -0.2) is 34.1 Å². The van der Waals surface area contributed by atoms with Crippen molar-refractivity contribution in [2.75, 3.05) is 0 Å². The Bertz CT molecular complexity index is 1070. The molecule has 0 fully saturated rings. The molecule has 8 heteroatoms. The number of ketones is 1. The molecular formula is C21H19ClN2O5. The average molecular weight is 415 g/mol. The zero-order valence-electron chi connectivity index (χ0n) is 15.5. The maximum atomic E-state index is 12.7. The highest BCUT2D eigenvalue weighted by molar-refractivity contribution is 6.30. The van der Waals surface area contributed by atoms with Gasteiger partial charge in [0.15, 0.2) is 0 Å². The van der Waals surface area contributed by atoms with E-state index in [4.69, 9.17) is 16.1 Å². The summed E-state index contributed by atoms with van der Waals surface area (Å²) in [5.74, 6) is -1.74. The number of nitrogens with one attached hydrogen (secondary N) is 2. The number of carboxylic acids is 1. The van der Waals surface area contributed by atoms with E-state index in [9.17, 15) is 19.5 Å². The molecule has 0 aliphatic heterocycles. The van der Waals surface area contributed by atoms with Crippen LogP contribution in [0, 0.1) is 0 Å². The number of aliphatic carboxylic acids is 1. The number of carboxylic acid groups (broad SMARTS) is 1. The van der Waals surface area contributed by atoms with E-state index in [2.05, 4.69) is 10.5 Å². The number of halogens is 1. The molecule has 0 spiro atoms. The van der Waals surface area contributed by atoms with Crippen LogP contribution in [0.1, 0.15) is 23.0 Å². The first-order valence-corrected chi connectivity index (χ1v) is 9.28. The Morgan fingerprint density at radius 1 is 1.14 bits per heavy atom. The van der Waals surface area contributed by atoms with Gasteiger partial charge in [-0.15, -0.1) is 0 Å². The third-order valence-electron chi connectivity index (χ3n) is 4.46. The van der Waals surface area contributed by atoms with Crippen molar-refractivity contribution in [2.24, 2.45) is 0 Å². The molecule has 2 aromatic carbocycles. The summed E-state index contributed by atoms with van der Waals surface area (Å²) in [5.41, 5.74) is 2.20. The number of aromatic amines is 1. The summed E-state index contributed by atoms with van der Waals surface area (Å²) in [5, 5.41) is 14.7. The van der Waals surface area contributed by atoms with Gasteiger partial charge < -0.3 is 9.63 Å². The van der Waals surface area contributed by atoms with Crippen molar-refractivity contribution in [3.05, 3.63) is 81.3 Å². The standard InChI is InChI=1S/C21H19ClN2O5/c1-12(21(27)28)23-17(20(26)18-11-19(25)24-29-18)9-13-5-7-14(8-6-13)15-3-2-4-16(22)10-15/h2-8,10-12,17,23H,9H2,1H3,(H,24,25)(H,27,28)/t12-,17-/m0/s1. The molecule has 0 aliphatic rings. The Kier molecular flexibility index (Phi) is 6.31. The van der Waals surface area contributed by atoms with Crippen LogP contribution in [-0.2, 0) is 11.2 Å². The van der Waals surface area contributed by atoms with Gasteiger partial charge in [0.1, 0.15) is 6.04 Å². The molecule has 150 valence electrons. The molecule has 1 heterocycles. The SMILES string of the molecule is C[C@H](N[C@@H](Cc1ccc(-c2cccc(Cl)c2)cc1)C(=O)c1cc(=O)[nH]o1)C(=O)O. The molecule has 0 saturated heterocycles. The predicted octanol–water partition coefficient (Wildman–Crippen LogP) is 3.15. The van der Waals surface area contributed by atoms with E-state index in [1.54, 1.807) is 6.07 Å². The lowest BCUT2D eigenvalue weighted by Crippen LogP contribution is -2.46. The first-order valence-electron chi connectivity index (χ1n) is 8.90. The number of aromatic nitrogens is 1. The summed E-state index contributed by atoms with van der Waals surface area (Å²) in [6.45, 7) is 1.44. The Hall–Kier alpha value is -3.16. The first kappa shape index (κ1) is 20.6. The van der Waals surface area contributed by atoms with Crippen LogP contribution in [0.25, 0.3) is 11.1 Å². The van der Waals surface area contributed by atoms with Gasteiger partial charge in [-0.1, -0.05) is 48.0 Å². The van der Waals surface area contributed by atoms with Gasteiger partial charge in [-0.25, -0.2) is 0 Å². The molecule has 3 N–H and O–H groups in total. The summed E-state index contributed by atoms with van der Waals surface area (Å²) in [4.78, 5) is 35.2. The number of carbonyl (C=O) groups is 2. The largest absolute Gasteiger partial charge is 0.480 e. The number of benzene rings is 2. The lowest BCUT2D eigenvalue weighted by atomic mass is 9.97. The van der Waals surface area contributed by atoms with Gasteiger partial charge in [0.05, 0.1) is 12.1 Å². The molecular weight excluding hydrogens is 396 g/mol. The molecule has 1 aromatic heterocycles. The Morgan fingerprint density at radius 3 is 2.45 bits per heavy atom. The molecule has 29 heavy (non-hydrogen) atoms. The molecule has 0 bridgehead atoms. The van der Waals surface area contributed by atoms with Gasteiger partial charge in [-0.2, -0.15) is 5.16 Å². The minimum absolute atomic E-state index is 0.152. The highest BCUT2D eigenvalue weighted by atomic mass is 35.5. The molecule has 7 nitrogen and oxygen atoms in total. The summed E-state index contributed by atoms with van der Waals surface area (Å²) < 4.78 is 4.89. The van der Waals surface area contributed by atoms with Crippen LogP contribution in [0.3, 0.4) is 0 Å². The van der Waals surface area contributed by atoms with Crippen LogP contribution < -0.4 is 10.9 Å². The van der Waals surface area contributed by atoms with Crippen molar-refractivity contribution in [1.29, 1.82) is 0 Å². The van der Waals surface area contributed by atoms with Gasteiger partial charge in [0.2, 0.25) is 11.5 Å². The van der Waals surface area contributed by atoms with Gasteiger partial charge in [0, 0.05) is 5.02 Å². The second-order valence-corrected chi connectivity index (χ2v) is 7.07. The molecule has 0 saturated carbocycles.